The van der Waals surface area contributed by atoms with Crippen molar-refractivity contribution >= 4 is 0 Å². The minimum atomic E-state index is 0. The number of rotatable bonds is 1. The average Bonchev–Trinajstić information content (AvgIpc) is 2.23. The van der Waals surface area contributed by atoms with E-state index in [0.29, 0.717) is 5.92 Å². The zero-order valence-corrected chi connectivity index (χ0v) is 14.0. The van der Waals surface area contributed by atoms with E-state index in [2.05, 4.69) is 52.0 Å². The van der Waals surface area contributed by atoms with E-state index in [1.54, 1.807) is 0 Å². The molecule has 0 unspecified atom stereocenters. The Labute approximate surface area is 111 Å². The summed E-state index contributed by atoms with van der Waals surface area (Å²) in [4.78, 5) is 0. The quantitative estimate of drug-likeness (QED) is 0.626. The van der Waals surface area contributed by atoms with Crippen molar-refractivity contribution in [2.75, 3.05) is 0 Å². The van der Waals surface area contributed by atoms with Crippen LogP contribution in [0.25, 0.3) is 0 Å². The molecule has 0 saturated heterocycles. The fourth-order valence-corrected chi connectivity index (χ4v) is 0.838. The van der Waals surface area contributed by atoms with Crippen LogP contribution in [0.2, 0.25) is 0 Å². The summed E-state index contributed by atoms with van der Waals surface area (Å²) in [6, 6.07) is 10.5. The summed E-state index contributed by atoms with van der Waals surface area (Å²) in [6.07, 6.45) is 1.25. The molecular weight excluding hydrogens is 352 g/mol. The van der Waals surface area contributed by atoms with Crippen LogP contribution >= 0.6 is 0 Å². The van der Waals surface area contributed by atoms with Crippen molar-refractivity contribution < 1.29 is 21.1 Å². The molecule has 88 valence electrons. The third-order valence-electron chi connectivity index (χ3n) is 1.47. The molecule has 0 aliphatic heterocycles. The molecule has 0 heterocycles. The van der Waals surface area contributed by atoms with Crippen LogP contribution in [-0.4, -0.2) is 0 Å². The predicted molar refractivity (Wildman–Crippen MR) is 67.8 cm³/mol. The summed E-state index contributed by atoms with van der Waals surface area (Å²) in [6.45, 7) is 12.7. The first-order valence-electron chi connectivity index (χ1n) is 5.77. The molecule has 1 aromatic carbocycles. The van der Waals surface area contributed by atoms with Crippen molar-refractivity contribution in [2.24, 2.45) is 0 Å². The van der Waals surface area contributed by atoms with Gasteiger partial charge in [0.05, 0.1) is 0 Å². The van der Waals surface area contributed by atoms with E-state index in [-0.39, 0.29) is 21.1 Å². The van der Waals surface area contributed by atoms with Crippen LogP contribution in [0.1, 0.15) is 59.4 Å². The molecule has 0 aromatic heterocycles. The Kier molecular flexibility index (Phi) is 22.2. The molecule has 0 bridgehead atoms. The van der Waals surface area contributed by atoms with Crippen molar-refractivity contribution in [2.45, 2.75) is 53.9 Å². The first kappa shape index (κ1) is 20.3. The number of benzene rings is 1. The summed E-state index contributed by atoms with van der Waals surface area (Å²) >= 11 is 0. The Morgan fingerprint density at radius 3 is 1.47 bits per heavy atom. The van der Waals surface area contributed by atoms with Gasteiger partial charge in [-0.25, -0.2) is 0 Å². The smallest absolute Gasteiger partial charge is 0 e. The maximum absolute atomic E-state index is 2.20. The van der Waals surface area contributed by atoms with E-state index < -0.39 is 0 Å². The maximum atomic E-state index is 2.20. The summed E-state index contributed by atoms with van der Waals surface area (Å²) in [7, 11) is 0. The van der Waals surface area contributed by atoms with Gasteiger partial charge in [0.15, 0.2) is 0 Å². The third-order valence-corrected chi connectivity index (χ3v) is 1.47. The molecule has 0 radical (unpaired) electrons. The molecule has 0 aliphatic carbocycles. The first-order valence-corrected chi connectivity index (χ1v) is 5.77. The van der Waals surface area contributed by atoms with E-state index >= 15 is 0 Å². The van der Waals surface area contributed by atoms with Crippen molar-refractivity contribution in [3.63, 3.8) is 0 Å². The molecule has 0 nitrogen and oxygen atoms in total. The van der Waals surface area contributed by atoms with Gasteiger partial charge in [-0.05, 0) is 11.5 Å². The summed E-state index contributed by atoms with van der Waals surface area (Å²) in [5, 5.41) is 0. The molecule has 0 spiro atoms. The zero-order valence-electron chi connectivity index (χ0n) is 11.1. The Hall–Kier alpha value is -0.0917. The normalized spacial score (nSPS) is 7.67. The van der Waals surface area contributed by atoms with Gasteiger partial charge in [-0.15, -0.1) is 0 Å². The Balaban J connectivity index is -0.000000209. The third kappa shape index (κ3) is 13.9. The van der Waals surface area contributed by atoms with Crippen molar-refractivity contribution in [1.29, 1.82) is 0 Å². The first-order chi connectivity index (χ1) is 6.72. The minimum absolute atomic E-state index is 0. The van der Waals surface area contributed by atoms with Gasteiger partial charge in [0, 0.05) is 21.1 Å². The second kappa shape index (κ2) is 16.3. The SMILES string of the molecule is CC.CC(C)c1ccccc1.CCC.[W]. The minimum Gasteiger partial charge on any atom is -0.0683 e. The van der Waals surface area contributed by atoms with Crippen LogP contribution in [0.3, 0.4) is 0 Å². The molecule has 1 aromatic rings. The van der Waals surface area contributed by atoms with Crippen molar-refractivity contribution in [3.05, 3.63) is 35.9 Å². The molecule has 15 heavy (non-hydrogen) atoms. The second-order valence-electron chi connectivity index (χ2n) is 3.27. The van der Waals surface area contributed by atoms with Crippen LogP contribution in [0.15, 0.2) is 30.3 Å². The van der Waals surface area contributed by atoms with Crippen molar-refractivity contribution in [3.8, 4) is 0 Å². The molecule has 0 amide bonds. The van der Waals surface area contributed by atoms with Gasteiger partial charge in [-0.2, -0.15) is 0 Å². The molecule has 0 fully saturated rings. The van der Waals surface area contributed by atoms with E-state index in [0.717, 1.165) is 0 Å². The molecule has 1 heteroatoms. The van der Waals surface area contributed by atoms with Crippen molar-refractivity contribution in [1.82, 2.24) is 0 Å². The van der Waals surface area contributed by atoms with Gasteiger partial charge in [0.1, 0.15) is 0 Å². The van der Waals surface area contributed by atoms with Crippen LogP contribution in [0.5, 0.6) is 0 Å². The summed E-state index contributed by atoms with van der Waals surface area (Å²) in [5.74, 6) is 0.659. The van der Waals surface area contributed by atoms with Gasteiger partial charge in [0.2, 0.25) is 0 Å². The molecule has 1 rings (SSSR count). The van der Waals surface area contributed by atoms with E-state index in [1.165, 1.54) is 12.0 Å². The number of hydrogen-bond acceptors (Lipinski definition) is 0. The molecule has 0 N–H and O–H groups in total. The second-order valence-corrected chi connectivity index (χ2v) is 3.27. The Morgan fingerprint density at radius 2 is 1.27 bits per heavy atom. The standard InChI is InChI=1S/C9H12.C3H8.C2H6.W/c1-8(2)9-6-4-3-5-7-9;1-3-2;1-2;/h3-8H,1-2H3;3H2,1-2H3;1-2H3;. The van der Waals surface area contributed by atoms with Gasteiger partial charge in [-0.3, -0.25) is 0 Å². The average molecular weight is 378 g/mol. The molecule has 0 aliphatic rings. The van der Waals surface area contributed by atoms with Gasteiger partial charge in [0.25, 0.3) is 0 Å². The monoisotopic (exact) mass is 378 g/mol. The number of hydrogen-bond donors (Lipinski definition) is 0. The largest absolute Gasteiger partial charge is 0.0683 e. The van der Waals surface area contributed by atoms with Crippen LogP contribution in [0.4, 0.5) is 0 Å². The fourth-order valence-electron chi connectivity index (χ4n) is 0.838. The fraction of sp³-hybridized carbons (Fsp3) is 0.571. The topological polar surface area (TPSA) is 0 Å². The van der Waals surface area contributed by atoms with E-state index in [4.69, 9.17) is 0 Å². The predicted octanol–water partition coefficient (Wildman–Crippen LogP) is 5.25. The zero-order chi connectivity index (χ0) is 11.4. The molecule has 0 atom stereocenters. The maximum Gasteiger partial charge on any atom is 0 e. The Morgan fingerprint density at radius 1 is 0.933 bits per heavy atom. The van der Waals surface area contributed by atoms with Gasteiger partial charge >= 0.3 is 0 Å². The molecule has 0 saturated carbocycles. The van der Waals surface area contributed by atoms with Gasteiger partial charge in [-0.1, -0.05) is 78.3 Å². The van der Waals surface area contributed by atoms with Crippen LogP contribution in [0, 0.1) is 0 Å². The van der Waals surface area contributed by atoms with Crippen LogP contribution in [-0.2, 0) is 21.1 Å². The van der Waals surface area contributed by atoms with Crippen LogP contribution < -0.4 is 0 Å². The summed E-state index contributed by atoms with van der Waals surface area (Å²) < 4.78 is 0. The van der Waals surface area contributed by atoms with E-state index in [9.17, 15) is 0 Å². The Bertz CT molecular complexity index is 180. The van der Waals surface area contributed by atoms with Gasteiger partial charge < -0.3 is 0 Å². The van der Waals surface area contributed by atoms with E-state index in [1.807, 2.05) is 19.9 Å². The molecular formula is C14H26W. The summed E-state index contributed by atoms with van der Waals surface area (Å²) in [5.41, 5.74) is 1.41.